The molecule has 0 aromatic carbocycles. The molecule has 2 aliphatic rings. The van der Waals surface area contributed by atoms with Crippen molar-refractivity contribution in [2.24, 2.45) is 0 Å². The van der Waals surface area contributed by atoms with E-state index in [2.05, 4.69) is 0 Å². The van der Waals surface area contributed by atoms with Crippen molar-refractivity contribution < 1.29 is 22.7 Å². The molecule has 0 radical (unpaired) electrons. The van der Waals surface area contributed by atoms with Crippen molar-refractivity contribution in [1.29, 1.82) is 0 Å². The molecule has 0 aromatic heterocycles. The molecule has 0 saturated carbocycles. The number of ether oxygens (including phenoxy) is 1. The summed E-state index contributed by atoms with van der Waals surface area (Å²) in [5.41, 5.74) is 0. The van der Waals surface area contributed by atoms with Crippen molar-refractivity contribution in [2.75, 3.05) is 58.4 Å². The Bertz CT molecular complexity index is 593. The highest BCUT2D eigenvalue weighted by atomic mass is 32.2. The van der Waals surface area contributed by atoms with E-state index < -0.39 is 15.9 Å². The van der Waals surface area contributed by atoms with Crippen LogP contribution in [0.25, 0.3) is 0 Å². The average Bonchev–Trinajstić information content (AvgIpc) is 2.86. The van der Waals surface area contributed by atoms with Gasteiger partial charge in [-0.1, -0.05) is 13.3 Å². The van der Waals surface area contributed by atoms with Gasteiger partial charge in [-0.05, 0) is 6.42 Å². The molecule has 2 saturated heterocycles. The number of sulfone groups is 1. The lowest BCUT2D eigenvalue weighted by molar-refractivity contribution is -0.143. The largest absolute Gasteiger partial charge is 0.372 e. The van der Waals surface area contributed by atoms with E-state index in [0.717, 1.165) is 12.8 Å². The summed E-state index contributed by atoms with van der Waals surface area (Å²) >= 11 is 0. The number of hydrogen-bond acceptors (Lipinski definition) is 6. The van der Waals surface area contributed by atoms with Crippen LogP contribution in [0.1, 0.15) is 19.8 Å². The second-order valence-corrected chi connectivity index (χ2v) is 9.12. The first kappa shape index (κ1) is 20.1. The molecule has 0 bridgehead atoms. The monoisotopic (exact) mass is 375 g/mol. The minimum atomic E-state index is -3.21. The zero-order valence-corrected chi connectivity index (χ0v) is 16.1. The Morgan fingerprint density at radius 3 is 2.48 bits per heavy atom. The third kappa shape index (κ3) is 5.15. The molecule has 25 heavy (non-hydrogen) atoms. The normalized spacial score (nSPS) is 25.6. The maximum Gasteiger partial charge on any atom is 0.248 e. The van der Waals surface area contributed by atoms with Gasteiger partial charge in [0.1, 0.15) is 6.61 Å². The van der Waals surface area contributed by atoms with Crippen molar-refractivity contribution >= 4 is 21.7 Å². The van der Waals surface area contributed by atoms with Crippen LogP contribution in [0.4, 0.5) is 0 Å². The van der Waals surface area contributed by atoms with Crippen LogP contribution in [0.3, 0.4) is 0 Å². The molecule has 144 valence electrons. The lowest BCUT2D eigenvalue weighted by Gasteiger charge is -2.43. The molecule has 0 aliphatic carbocycles. The molecule has 0 spiro atoms. The Morgan fingerprint density at radius 1 is 1.16 bits per heavy atom. The second-order valence-electron chi connectivity index (χ2n) is 6.96. The fraction of sp³-hybridized carbons (Fsp3) is 0.875. The van der Waals surface area contributed by atoms with Gasteiger partial charge in [0.15, 0.2) is 9.84 Å². The first-order valence-corrected chi connectivity index (χ1v) is 10.6. The summed E-state index contributed by atoms with van der Waals surface area (Å²) in [5.74, 6) is -0.267. The Kier molecular flexibility index (Phi) is 6.81. The van der Waals surface area contributed by atoms with Crippen molar-refractivity contribution in [1.82, 2.24) is 14.7 Å². The Labute approximate surface area is 150 Å². The van der Waals surface area contributed by atoms with Gasteiger partial charge >= 0.3 is 0 Å². The van der Waals surface area contributed by atoms with Crippen LogP contribution in [-0.2, 0) is 24.2 Å². The summed E-state index contributed by atoms with van der Waals surface area (Å²) in [5, 5.41) is 0. The van der Waals surface area contributed by atoms with E-state index in [9.17, 15) is 18.0 Å². The third-order valence-corrected chi connectivity index (χ3v) is 6.52. The molecule has 2 fully saturated rings. The van der Waals surface area contributed by atoms with Crippen LogP contribution in [0.2, 0.25) is 0 Å². The van der Waals surface area contributed by atoms with E-state index in [1.807, 2.05) is 11.8 Å². The number of carbonyl (C=O) groups excluding carboxylic acids is 2. The van der Waals surface area contributed by atoms with Crippen LogP contribution in [-0.4, -0.2) is 105 Å². The van der Waals surface area contributed by atoms with Crippen LogP contribution in [0, 0.1) is 0 Å². The Hall–Kier alpha value is -1.19. The second kappa shape index (κ2) is 8.46. The van der Waals surface area contributed by atoms with Crippen LogP contribution in [0.15, 0.2) is 0 Å². The molecule has 0 N–H and O–H groups in total. The third-order valence-electron chi connectivity index (χ3n) is 4.82. The smallest absolute Gasteiger partial charge is 0.248 e. The summed E-state index contributed by atoms with van der Waals surface area (Å²) in [6, 6.07) is -0.710. The van der Waals surface area contributed by atoms with Gasteiger partial charge in [0.25, 0.3) is 0 Å². The SMILES string of the molecule is CCCCOCC(=O)N1CCN(CC(=O)N(C)C)[C@H]2CS(=O)(=O)C[C@H]21. The molecule has 0 aromatic rings. The molecule has 2 rings (SSSR count). The van der Waals surface area contributed by atoms with Gasteiger partial charge in [0, 0.05) is 39.8 Å². The molecule has 8 nitrogen and oxygen atoms in total. The number of carbonyl (C=O) groups is 2. The summed E-state index contributed by atoms with van der Waals surface area (Å²) in [7, 11) is 0.144. The number of likely N-dealkylation sites (N-methyl/N-ethyl adjacent to an activating group) is 1. The fourth-order valence-corrected chi connectivity index (χ4v) is 5.35. The van der Waals surface area contributed by atoms with E-state index in [-0.39, 0.29) is 42.5 Å². The van der Waals surface area contributed by atoms with Gasteiger partial charge in [0.2, 0.25) is 11.8 Å². The molecule has 2 amide bonds. The summed E-state index contributed by atoms with van der Waals surface area (Å²) in [6.07, 6.45) is 1.89. The first-order chi connectivity index (χ1) is 11.7. The first-order valence-electron chi connectivity index (χ1n) is 8.77. The van der Waals surface area contributed by atoms with Gasteiger partial charge in [-0.3, -0.25) is 14.5 Å². The zero-order valence-electron chi connectivity index (χ0n) is 15.3. The molecular formula is C16H29N3O5S. The lowest BCUT2D eigenvalue weighted by Crippen LogP contribution is -2.62. The van der Waals surface area contributed by atoms with Crippen molar-refractivity contribution in [3.63, 3.8) is 0 Å². The van der Waals surface area contributed by atoms with E-state index >= 15 is 0 Å². The zero-order chi connectivity index (χ0) is 18.6. The number of rotatable bonds is 7. The Morgan fingerprint density at radius 2 is 1.84 bits per heavy atom. The van der Waals surface area contributed by atoms with Gasteiger partial charge in [-0.25, -0.2) is 8.42 Å². The van der Waals surface area contributed by atoms with Crippen LogP contribution >= 0.6 is 0 Å². The highest BCUT2D eigenvalue weighted by molar-refractivity contribution is 7.91. The van der Waals surface area contributed by atoms with Crippen molar-refractivity contribution in [3.8, 4) is 0 Å². The molecule has 2 heterocycles. The predicted molar refractivity (Wildman–Crippen MR) is 93.9 cm³/mol. The maximum absolute atomic E-state index is 12.5. The fourth-order valence-electron chi connectivity index (χ4n) is 3.33. The van der Waals surface area contributed by atoms with E-state index in [0.29, 0.717) is 19.7 Å². The summed E-state index contributed by atoms with van der Waals surface area (Å²) in [4.78, 5) is 29.5. The summed E-state index contributed by atoms with van der Waals surface area (Å²) < 4.78 is 29.7. The van der Waals surface area contributed by atoms with Crippen molar-refractivity contribution in [3.05, 3.63) is 0 Å². The Balaban J connectivity index is 2.04. The minimum absolute atomic E-state index is 0.00114. The molecule has 9 heteroatoms. The average molecular weight is 375 g/mol. The maximum atomic E-state index is 12.5. The molecule has 2 aliphatic heterocycles. The minimum Gasteiger partial charge on any atom is -0.372 e. The van der Waals surface area contributed by atoms with Gasteiger partial charge in [-0.15, -0.1) is 0 Å². The number of piperazine rings is 1. The summed E-state index contributed by atoms with van der Waals surface area (Å²) in [6.45, 7) is 3.67. The van der Waals surface area contributed by atoms with Gasteiger partial charge < -0.3 is 14.5 Å². The van der Waals surface area contributed by atoms with E-state index in [1.54, 1.807) is 19.0 Å². The number of amides is 2. The van der Waals surface area contributed by atoms with Crippen LogP contribution < -0.4 is 0 Å². The van der Waals surface area contributed by atoms with Crippen molar-refractivity contribution in [2.45, 2.75) is 31.8 Å². The number of hydrogen-bond donors (Lipinski definition) is 0. The van der Waals surface area contributed by atoms with E-state index in [4.69, 9.17) is 4.74 Å². The number of fused-ring (bicyclic) bond motifs is 1. The topological polar surface area (TPSA) is 87.2 Å². The highest BCUT2D eigenvalue weighted by Crippen LogP contribution is 2.27. The quantitative estimate of drug-likeness (QED) is 0.542. The standard InChI is InChI=1S/C16H29N3O5S/c1-4-5-8-24-10-16(21)19-7-6-18(9-15(20)17(2)3)13-11-25(22,23)12-14(13)19/h13-14H,4-12H2,1-3H3/t13-,14+/m0/s1. The number of unbranched alkanes of at least 4 members (excludes halogenated alkanes) is 1. The van der Waals surface area contributed by atoms with Crippen LogP contribution in [0.5, 0.6) is 0 Å². The predicted octanol–water partition coefficient (Wildman–Crippen LogP) is -0.799. The molecule has 0 unspecified atom stereocenters. The highest BCUT2D eigenvalue weighted by Gasteiger charge is 2.48. The lowest BCUT2D eigenvalue weighted by atomic mass is 10.0. The van der Waals surface area contributed by atoms with Gasteiger partial charge in [0.05, 0.1) is 24.1 Å². The molecule has 2 atom stereocenters. The molecular weight excluding hydrogens is 346 g/mol. The number of nitrogens with zero attached hydrogens (tertiary/aromatic N) is 3. The van der Waals surface area contributed by atoms with Gasteiger partial charge in [-0.2, -0.15) is 0 Å². The van der Waals surface area contributed by atoms with E-state index in [1.165, 1.54) is 4.90 Å².